The summed E-state index contributed by atoms with van der Waals surface area (Å²) in [6, 6.07) is 12.3. The van der Waals surface area contributed by atoms with E-state index in [0.717, 1.165) is 22.3 Å². The Morgan fingerprint density at radius 2 is 1.63 bits per heavy atom. The second-order valence-electron chi connectivity index (χ2n) is 6.34. The molecule has 0 atom stereocenters. The molecule has 0 aromatic heterocycles. The highest BCUT2D eigenvalue weighted by Crippen LogP contribution is 2.40. The summed E-state index contributed by atoms with van der Waals surface area (Å²) in [7, 11) is 0. The normalized spacial score (nSPS) is 13.4. The molecular weight excluding hydrogens is 232 g/mol. The molecule has 1 heteroatoms. The molecular formula is C18H18O. The third-order valence-electron chi connectivity index (χ3n) is 3.92. The summed E-state index contributed by atoms with van der Waals surface area (Å²) < 4.78 is 0. The van der Waals surface area contributed by atoms with E-state index in [2.05, 4.69) is 52.0 Å². The quantitative estimate of drug-likeness (QED) is 0.574. The Morgan fingerprint density at radius 3 is 2.32 bits per heavy atom. The van der Waals surface area contributed by atoms with Crippen molar-refractivity contribution in [3.8, 4) is 11.1 Å². The van der Waals surface area contributed by atoms with Crippen LogP contribution < -0.4 is 0 Å². The van der Waals surface area contributed by atoms with Crippen LogP contribution in [0.1, 0.15) is 47.8 Å². The average Bonchev–Trinajstić information content (AvgIpc) is 2.63. The summed E-state index contributed by atoms with van der Waals surface area (Å²) in [5.74, 6) is 0.166. The highest BCUT2D eigenvalue weighted by atomic mass is 16.1. The first-order valence-corrected chi connectivity index (χ1v) is 6.69. The predicted molar refractivity (Wildman–Crippen MR) is 78.7 cm³/mol. The molecule has 0 radical (unpaired) electrons. The summed E-state index contributed by atoms with van der Waals surface area (Å²) in [5.41, 5.74) is 6.36. The summed E-state index contributed by atoms with van der Waals surface area (Å²) in [6.07, 6.45) is 0. The van der Waals surface area contributed by atoms with E-state index >= 15 is 0 Å². The number of ketones is 1. The van der Waals surface area contributed by atoms with Gasteiger partial charge in [0.05, 0.1) is 0 Å². The number of aryl methyl sites for hydroxylation is 1. The first kappa shape index (κ1) is 12.2. The minimum absolute atomic E-state index is 0.0686. The van der Waals surface area contributed by atoms with Crippen LogP contribution >= 0.6 is 0 Å². The lowest BCUT2D eigenvalue weighted by Gasteiger charge is -2.19. The van der Waals surface area contributed by atoms with Crippen molar-refractivity contribution < 1.29 is 4.79 Å². The fourth-order valence-electron chi connectivity index (χ4n) is 2.78. The number of benzene rings is 2. The van der Waals surface area contributed by atoms with Crippen LogP contribution in [0.4, 0.5) is 0 Å². The molecule has 19 heavy (non-hydrogen) atoms. The largest absolute Gasteiger partial charge is 0.289 e. The molecule has 0 spiro atoms. The fraction of sp³-hybridized carbons (Fsp3) is 0.278. The molecule has 0 fully saturated rings. The number of fused-ring (bicyclic) bond motifs is 3. The van der Waals surface area contributed by atoms with Crippen LogP contribution in [0.25, 0.3) is 11.1 Å². The van der Waals surface area contributed by atoms with Gasteiger partial charge in [-0.15, -0.1) is 0 Å². The number of carbonyl (C=O) groups is 1. The minimum atomic E-state index is 0.0686. The zero-order chi connectivity index (χ0) is 13.8. The van der Waals surface area contributed by atoms with Gasteiger partial charge in [-0.3, -0.25) is 4.79 Å². The molecule has 1 aliphatic carbocycles. The minimum Gasteiger partial charge on any atom is -0.289 e. The number of carbonyl (C=O) groups excluding carboxylic acids is 1. The monoisotopic (exact) mass is 250 g/mol. The van der Waals surface area contributed by atoms with E-state index in [9.17, 15) is 4.79 Å². The molecule has 0 bridgehead atoms. The van der Waals surface area contributed by atoms with Crippen molar-refractivity contribution >= 4 is 5.78 Å². The highest BCUT2D eigenvalue weighted by molar-refractivity contribution is 6.22. The van der Waals surface area contributed by atoms with Gasteiger partial charge in [-0.25, -0.2) is 0 Å². The van der Waals surface area contributed by atoms with Gasteiger partial charge in [0.1, 0.15) is 0 Å². The van der Waals surface area contributed by atoms with Crippen LogP contribution in [0, 0.1) is 6.92 Å². The van der Waals surface area contributed by atoms with Crippen molar-refractivity contribution in [3.63, 3.8) is 0 Å². The Bertz CT molecular complexity index is 687. The van der Waals surface area contributed by atoms with Gasteiger partial charge in [-0.1, -0.05) is 51.1 Å². The molecule has 1 aliphatic rings. The lowest BCUT2D eigenvalue weighted by atomic mass is 9.85. The first-order valence-electron chi connectivity index (χ1n) is 6.69. The summed E-state index contributed by atoms with van der Waals surface area (Å²) >= 11 is 0. The number of hydrogen-bond acceptors (Lipinski definition) is 1. The van der Waals surface area contributed by atoms with Gasteiger partial charge in [0.2, 0.25) is 0 Å². The Kier molecular flexibility index (Phi) is 2.43. The third-order valence-corrected chi connectivity index (χ3v) is 3.92. The Labute approximate surface area is 114 Å². The van der Waals surface area contributed by atoms with E-state index in [1.54, 1.807) is 0 Å². The maximum absolute atomic E-state index is 12.5. The van der Waals surface area contributed by atoms with Crippen LogP contribution in [0.2, 0.25) is 0 Å². The topological polar surface area (TPSA) is 17.1 Å². The predicted octanol–water partition coefficient (Wildman–Crippen LogP) is 4.50. The zero-order valence-corrected chi connectivity index (χ0v) is 11.9. The van der Waals surface area contributed by atoms with Gasteiger partial charge in [-0.05, 0) is 40.7 Å². The third kappa shape index (κ3) is 1.73. The van der Waals surface area contributed by atoms with Gasteiger partial charge in [0, 0.05) is 11.1 Å². The maximum atomic E-state index is 12.5. The van der Waals surface area contributed by atoms with E-state index in [1.807, 2.05) is 12.1 Å². The smallest absolute Gasteiger partial charge is 0.194 e. The van der Waals surface area contributed by atoms with Crippen molar-refractivity contribution in [3.05, 3.63) is 58.7 Å². The SMILES string of the molecule is Cc1cccc2c1-c1ccc(C(C)(C)C)cc1C2=O. The van der Waals surface area contributed by atoms with Crippen LogP contribution in [0.15, 0.2) is 36.4 Å². The maximum Gasteiger partial charge on any atom is 0.194 e. The van der Waals surface area contributed by atoms with Crippen molar-refractivity contribution in [2.24, 2.45) is 0 Å². The van der Waals surface area contributed by atoms with Gasteiger partial charge in [0.25, 0.3) is 0 Å². The van der Waals surface area contributed by atoms with Gasteiger partial charge in [-0.2, -0.15) is 0 Å². The van der Waals surface area contributed by atoms with Crippen LogP contribution in [-0.2, 0) is 5.41 Å². The van der Waals surface area contributed by atoms with Crippen LogP contribution in [-0.4, -0.2) is 5.78 Å². The Balaban J connectivity index is 2.27. The van der Waals surface area contributed by atoms with Crippen LogP contribution in [0.3, 0.4) is 0 Å². The Morgan fingerprint density at radius 1 is 0.895 bits per heavy atom. The molecule has 2 aromatic rings. The number of hydrogen-bond donors (Lipinski definition) is 0. The molecule has 3 rings (SSSR count). The Hall–Kier alpha value is -1.89. The molecule has 0 aliphatic heterocycles. The van der Waals surface area contributed by atoms with E-state index in [1.165, 1.54) is 11.1 Å². The van der Waals surface area contributed by atoms with Gasteiger partial charge >= 0.3 is 0 Å². The second kappa shape index (κ2) is 3.80. The lowest BCUT2D eigenvalue weighted by Crippen LogP contribution is -2.11. The molecule has 0 amide bonds. The molecule has 0 unspecified atom stereocenters. The van der Waals surface area contributed by atoms with Crippen molar-refractivity contribution in [1.29, 1.82) is 0 Å². The van der Waals surface area contributed by atoms with Crippen molar-refractivity contribution in [1.82, 2.24) is 0 Å². The zero-order valence-electron chi connectivity index (χ0n) is 11.9. The van der Waals surface area contributed by atoms with Gasteiger partial charge in [0.15, 0.2) is 5.78 Å². The average molecular weight is 250 g/mol. The van der Waals surface area contributed by atoms with E-state index in [0.29, 0.717) is 0 Å². The second-order valence-corrected chi connectivity index (χ2v) is 6.34. The lowest BCUT2D eigenvalue weighted by molar-refractivity contribution is 0.104. The molecule has 1 nitrogen and oxygen atoms in total. The standard InChI is InChI=1S/C18H18O/c1-11-6-5-7-14-16(11)13-9-8-12(18(2,3)4)10-15(13)17(14)19/h5-10H,1-4H3. The van der Waals surface area contributed by atoms with E-state index in [4.69, 9.17) is 0 Å². The molecule has 96 valence electrons. The van der Waals surface area contributed by atoms with Crippen LogP contribution in [0.5, 0.6) is 0 Å². The summed E-state index contributed by atoms with van der Waals surface area (Å²) in [6.45, 7) is 8.59. The molecule has 0 N–H and O–H groups in total. The first-order chi connectivity index (χ1) is 8.89. The summed E-state index contributed by atoms with van der Waals surface area (Å²) in [4.78, 5) is 12.5. The van der Waals surface area contributed by atoms with E-state index in [-0.39, 0.29) is 11.2 Å². The summed E-state index contributed by atoms with van der Waals surface area (Å²) in [5, 5.41) is 0. The van der Waals surface area contributed by atoms with E-state index < -0.39 is 0 Å². The number of rotatable bonds is 0. The molecule has 0 heterocycles. The highest BCUT2D eigenvalue weighted by Gasteiger charge is 2.29. The fourth-order valence-corrected chi connectivity index (χ4v) is 2.78. The molecule has 0 saturated heterocycles. The van der Waals surface area contributed by atoms with Crippen molar-refractivity contribution in [2.45, 2.75) is 33.1 Å². The molecule has 2 aromatic carbocycles. The van der Waals surface area contributed by atoms with Crippen molar-refractivity contribution in [2.75, 3.05) is 0 Å². The van der Waals surface area contributed by atoms with Gasteiger partial charge < -0.3 is 0 Å². The molecule has 0 saturated carbocycles.